The largest absolute Gasteiger partial charge is 0.338 e. The van der Waals surface area contributed by atoms with Crippen molar-refractivity contribution >= 4 is 40.7 Å². The number of hydrogen-bond donors (Lipinski definition) is 1. The zero-order valence-electron chi connectivity index (χ0n) is 14.5. The van der Waals surface area contributed by atoms with Crippen LogP contribution in [0.4, 0.5) is 5.69 Å². The fourth-order valence-electron chi connectivity index (χ4n) is 3.18. The lowest BCUT2D eigenvalue weighted by Gasteiger charge is -2.31. The molecule has 1 fully saturated rings. The number of likely N-dealkylation sites (tertiary alicyclic amines) is 1. The second-order valence-electron chi connectivity index (χ2n) is 6.69. The molecule has 1 heterocycles. The Labute approximate surface area is 163 Å². The third-order valence-corrected chi connectivity index (χ3v) is 4.87. The summed E-state index contributed by atoms with van der Waals surface area (Å²) in [5.41, 5.74) is 1.45. The van der Waals surface area contributed by atoms with Gasteiger partial charge in [0.1, 0.15) is 0 Å². The Balaban J connectivity index is 1.75. The molecule has 4 nitrogen and oxygen atoms in total. The molecule has 2 amide bonds. The Morgan fingerprint density at radius 2 is 1.77 bits per heavy atom. The van der Waals surface area contributed by atoms with Crippen LogP contribution in [0.2, 0.25) is 10.0 Å². The quantitative estimate of drug-likeness (QED) is 0.790. The first kappa shape index (κ1) is 18.7. The number of rotatable bonds is 3. The summed E-state index contributed by atoms with van der Waals surface area (Å²) in [5, 5.41) is 3.64. The molecule has 0 saturated carbocycles. The molecule has 0 spiro atoms. The molecule has 2 aromatic rings. The molecule has 0 aromatic heterocycles. The standard InChI is InChI=1S/C20H20Cl2N2O2/c1-13-4-3-7-24(12-13)20(26)15-6-2-5-14(8-15)19(25)23-18-10-16(21)9-17(22)11-18/h2,5-6,8-11,13H,3-4,7,12H2,1H3,(H,23,25). The van der Waals surface area contributed by atoms with Crippen LogP contribution in [0.15, 0.2) is 42.5 Å². The highest BCUT2D eigenvalue weighted by molar-refractivity contribution is 6.35. The summed E-state index contributed by atoms with van der Waals surface area (Å²) in [5.74, 6) is 0.161. The highest BCUT2D eigenvalue weighted by Gasteiger charge is 2.22. The van der Waals surface area contributed by atoms with Gasteiger partial charge in [-0.05, 0) is 55.2 Å². The third kappa shape index (κ3) is 4.57. The van der Waals surface area contributed by atoms with Gasteiger partial charge >= 0.3 is 0 Å². The van der Waals surface area contributed by atoms with Crippen molar-refractivity contribution in [1.29, 1.82) is 0 Å². The van der Waals surface area contributed by atoms with Gasteiger partial charge in [0.15, 0.2) is 0 Å². The minimum Gasteiger partial charge on any atom is -0.338 e. The van der Waals surface area contributed by atoms with Gasteiger partial charge in [-0.3, -0.25) is 9.59 Å². The average molecular weight is 391 g/mol. The summed E-state index contributed by atoms with van der Waals surface area (Å²) in [6.45, 7) is 3.68. The molecule has 26 heavy (non-hydrogen) atoms. The number of carbonyl (C=O) groups excluding carboxylic acids is 2. The van der Waals surface area contributed by atoms with Crippen LogP contribution in [-0.4, -0.2) is 29.8 Å². The van der Waals surface area contributed by atoms with E-state index in [0.29, 0.717) is 32.8 Å². The molecular weight excluding hydrogens is 371 g/mol. The van der Waals surface area contributed by atoms with E-state index < -0.39 is 0 Å². The van der Waals surface area contributed by atoms with Crippen LogP contribution < -0.4 is 5.32 Å². The minimum absolute atomic E-state index is 0.0306. The summed E-state index contributed by atoms with van der Waals surface area (Å²) >= 11 is 11.9. The van der Waals surface area contributed by atoms with E-state index in [1.54, 1.807) is 42.5 Å². The van der Waals surface area contributed by atoms with Crippen LogP contribution in [0.3, 0.4) is 0 Å². The number of piperidine rings is 1. The lowest BCUT2D eigenvalue weighted by atomic mass is 9.99. The number of anilines is 1. The second kappa shape index (κ2) is 8.11. The predicted molar refractivity (Wildman–Crippen MR) is 105 cm³/mol. The SMILES string of the molecule is CC1CCCN(C(=O)c2cccc(C(=O)Nc3cc(Cl)cc(Cl)c3)c2)C1. The Bertz CT molecular complexity index is 818. The lowest BCUT2D eigenvalue weighted by molar-refractivity contribution is 0.0683. The zero-order valence-corrected chi connectivity index (χ0v) is 16.0. The van der Waals surface area contributed by atoms with E-state index in [-0.39, 0.29) is 11.8 Å². The molecule has 0 aliphatic carbocycles. The molecule has 0 radical (unpaired) electrons. The van der Waals surface area contributed by atoms with Crippen LogP contribution in [0.25, 0.3) is 0 Å². The maximum absolute atomic E-state index is 12.7. The van der Waals surface area contributed by atoms with E-state index in [2.05, 4.69) is 12.2 Å². The van der Waals surface area contributed by atoms with E-state index in [1.807, 2.05) is 4.90 Å². The number of carbonyl (C=O) groups is 2. The maximum atomic E-state index is 12.7. The van der Waals surface area contributed by atoms with Gasteiger partial charge in [-0.15, -0.1) is 0 Å². The minimum atomic E-state index is -0.315. The number of halogens is 2. The summed E-state index contributed by atoms with van der Waals surface area (Å²) in [7, 11) is 0. The molecule has 3 rings (SSSR count). The highest BCUT2D eigenvalue weighted by atomic mass is 35.5. The van der Waals surface area contributed by atoms with Gasteiger partial charge in [0.05, 0.1) is 0 Å². The number of hydrogen-bond acceptors (Lipinski definition) is 2. The molecule has 1 saturated heterocycles. The zero-order chi connectivity index (χ0) is 18.7. The third-order valence-electron chi connectivity index (χ3n) is 4.44. The fraction of sp³-hybridized carbons (Fsp3) is 0.300. The first-order valence-corrected chi connectivity index (χ1v) is 9.35. The Kier molecular flexibility index (Phi) is 5.84. The summed E-state index contributed by atoms with van der Waals surface area (Å²) < 4.78 is 0. The molecule has 136 valence electrons. The first-order valence-electron chi connectivity index (χ1n) is 8.59. The van der Waals surface area contributed by atoms with Crippen LogP contribution >= 0.6 is 23.2 Å². The van der Waals surface area contributed by atoms with Gasteiger partial charge in [0.2, 0.25) is 0 Å². The van der Waals surface area contributed by atoms with Crippen LogP contribution in [-0.2, 0) is 0 Å². The molecular formula is C20H20Cl2N2O2. The Hall–Kier alpha value is -2.04. The van der Waals surface area contributed by atoms with Gasteiger partial charge in [-0.1, -0.05) is 36.2 Å². The first-order chi connectivity index (χ1) is 12.4. The number of nitrogens with one attached hydrogen (secondary N) is 1. The van der Waals surface area contributed by atoms with Gasteiger partial charge in [-0.2, -0.15) is 0 Å². The van der Waals surface area contributed by atoms with E-state index in [9.17, 15) is 9.59 Å². The summed E-state index contributed by atoms with van der Waals surface area (Å²) in [6.07, 6.45) is 2.16. The van der Waals surface area contributed by atoms with Crippen molar-refractivity contribution in [2.24, 2.45) is 5.92 Å². The second-order valence-corrected chi connectivity index (χ2v) is 7.56. The van der Waals surface area contributed by atoms with Gasteiger partial charge in [0, 0.05) is 39.9 Å². The molecule has 0 bridgehead atoms. The number of nitrogens with zero attached hydrogens (tertiary/aromatic N) is 1. The van der Waals surface area contributed by atoms with Crippen molar-refractivity contribution in [3.05, 3.63) is 63.6 Å². The van der Waals surface area contributed by atoms with Crippen molar-refractivity contribution in [2.75, 3.05) is 18.4 Å². The summed E-state index contributed by atoms with van der Waals surface area (Å²) in [6, 6.07) is 11.6. The van der Waals surface area contributed by atoms with E-state index >= 15 is 0 Å². The Morgan fingerprint density at radius 1 is 1.08 bits per heavy atom. The van der Waals surface area contributed by atoms with Gasteiger partial charge in [-0.25, -0.2) is 0 Å². The topological polar surface area (TPSA) is 49.4 Å². The van der Waals surface area contributed by atoms with E-state index in [1.165, 1.54) is 0 Å². The predicted octanol–water partition coefficient (Wildman–Crippen LogP) is 5.12. The molecule has 2 aromatic carbocycles. The molecule has 6 heteroatoms. The van der Waals surface area contributed by atoms with E-state index in [0.717, 1.165) is 25.9 Å². The molecule has 1 aliphatic rings. The highest BCUT2D eigenvalue weighted by Crippen LogP contribution is 2.23. The van der Waals surface area contributed by atoms with Crippen molar-refractivity contribution in [2.45, 2.75) is 19.8 Å². The average Bonchev–Trinajstić information content (AvgIpc) is 2.60. The van der Waals surface area contributed by atoms with Crippen molar-refractivity contribution in [3.8, 4) is 0 Å². The van der Waals surface area contributed by atoms with Crippen molar-refractivity contribution in [1.82, 2.24) is 4.90 Å². The molecule has 1 atom stereocenters. The smallest absolute Gasteiger partial charge is 0.255 e. The van der Waals surface area contributed by atoms with Crippen molar-refractivity contribution < 1.29 is 9.59 Å². The lowest BCUT2D eigenvalue weighted by Crippen LogP contribution is -2.39. The Morgan fingerprint density at radius 3 is 2.46 bits per heavy atom. The number of amides is 2. The monoisotopic (exact) mass is 390 g/mol. The fourth-order valence-corrected chi connectivity index (χ4v) is 3.71. The normalized spacial score (nSPS) is 17.0. The van der Waals surface area contributed by atoms with Crippen LogP contribution in [0.1, 0.15) is 40.5 Å². The number of benzene rings is 2. The van der Waals surface area contributed by atoms with Crippen LogP contribution in [0.5, 0.6) is 0 Å². The van der Waals surface area contributed by atoms with Gasteiger partial charge < -0.3 is 10.2 Å². The molecule has 1 unspecified atom stereocenters. The summed E-state index contributed by atoms with van der Waals surface area (Å²) in [4.78, 5) is 27.1. The molecule has 1 aliphatic heterocycles. The van der Waals surface area contributed by atoms with E-state index in [4.69, 9.17) is 23.2 Å². The van der Waals surface area contributed by atoms with Crippen molar-refractivity contribution in [3.63, 3.8) is 0 Å². The molecule has 1 N–H and O–H groups in total. The van der Waals surface area contributed by atoms with Gasteiger partial charge in [0.25, 0.3) is 11.8 Å². The van der Waals surface area contributed by atoms with Crippen LogP contribution in [0, 0.1) is 5.92 Å². The maximum Gasteiger partial charge on any atom is 0.255 e.